The topological polar surface area (TPSA) is 64.8 Å². The molecule has 0 spiro atoms. The summed E-state index contributed by atoms with van der Waals surface area (Å²) in [6.07, 6.45) is 0. The summed E-state index contributed by atoms with van der Waals surface area (Å²) >= 11 is 6.20. The van der Waals surface area contributed by atoms with Crippen LogP contribution in [0.25, 0.3) is 0 Å². The lowest BCUT2D eigenvalue weighted by Crippen LogP contribution is -2.20. The van der Waals surface area contributed by atoms with Crippen LogP contribution in [0.5, 0.6) is 5.75 Å². The molecule has 0 amide bonds. The molecule has 2 aromatic rings. The molecule has 0 aromatic heterocycles. The number of nitro groups is 1. The number of nitrogens with zero attached hydrogens (tertiary/aromatic N) is 2. The number of ether oxygens (including phenoxy) is 2. The van der Waals surface area contributed by atoms with E-state index in [-0.39, 0.29) is 12.5 Å². The zero-order chi connectivity index (χ0) is 17.1. The second-order valence-electron chi connectivity index (χ2n) is 5.72. The highest BCUT2D eigenvalue weighted by atomic mass is 35.5. The molecule has 7 heteroatoms. The molecule has 0 N–H and O–H groups in total. The summed E-state index contributed by atoms with van der Waals surface area (Å²) in [7, 11) is 1.94. The number of hydrogen-bond acceptors (Lipinski definition) is 5. The van der Waals surface area contributed by atoms with Crippen molar-refractivity contribution in [2.75, 3.05) is 13.8 Å². The quantitative estimate of drug-likeness (QED) is 0.608. The molecule has 1 aliphatic rings. The van der Waals surface area contributed by atoms with Gasteiger partial charge in [0.2, 0.25) is 0 Å². The van der Waals surface area contributed by atoms with Crippen molar-refractivity contribution in [2.45, 2.75) is 19.7 Å². The number of non-ortho nitro benzene ring substituents is 1. The molecule has 2 aromatic carbocycles. The molecular weight excluding hydrogens is 332 g/mol. The molecular formula is C17H17ClN2O4. The van der Waals surface area contributed by atoms with Crippen molar-refractivity contribution in [1.82, 2.24) is 4.90 Å². The second-order valence-corrected chi connectivity index (χ2v) is 6.13. The first-order valence-electron chi connectivity index (χ1n) is 7.47. The van der Waals surface area contributed by atoms with Gasteiger partial charge in [0, 0.05) is 41.4 Å². The van der Waals surface area contributed by atoms with Crippen LogP contribution < -0.4 is 4.74 Å². The van der Waals surface area contributed by atoms with Crippen LogP contribution in [-0.4, -0.2) is 23.7 Å². The van der Waals surface area contributed by atoms with Crippen LogP contribution in [0.3, 0.4) is 0 Å². The predicted molar refractivity (Wildman–Crippen MR) is 90.0 cm³/mol. The molecule has 0 atom stereocenters. The highest BCUT2D eigenvalue weighted by Crippen LogP contribution is 2.33. The Morgan fingerprint density at radius 2 is 2.00 bits per heavy atom. The smallest absolute Gasteiger partial charge is 0.270 e. The monoisotopic (exact) mass is 348 g/mol. The Bertz CT molecular complexity index is 766. The Morgan fingerprint density at radius 3 is 2.75 bits per heavy atom. The number of fused-ring (bicyclic) bond motifs is 1. The van der Waals surface area contributed by atoms with E-state index >= 15 is 0 Å². The molecule has 0 saturated heterocycles. The van der Waals surface area contributed by atoms with Crippen molar-refractivity contribution >= 4 is 17.3 Å². The summed E-state index contributed by atoms with van der Waals surface area (Å²) in [5, 5.41) is 11.9. The van der Waals surface area contributed by atoms with Gasteiger partial charge in [-0.2, -0.15) is 0 Å². The molecule has 6 nitrogen and oxygen atoms in total. The fraction of sp³-hybridized carbons (Fsp3) is 0.294. The third-order valence-corrected chi connectivity index (χ3v) is 4.19. The molecule has 0 radical (unpaired) electrons. The Hall–Kier alpha value is -2.15. The van der Waals surface area contributed by atoms with Crippen LogP contribution in [0.4, 0.5) is 5.69 Å². The highest BCUT2D eigenvalue weighted by molar-refractivity contribution is 6.31. The lowest BCUT2D eigenvalue weighted by atomic mass is 10.1. The summed E-state index contributed by atoms with van der Waals surface area (Å²) in [5.41, 5.74) is 2.53. The Morgan fingerprint density at radius 1 is 1.25 bits per heavy atom. The standard InChI is InChI=1S/C17H17ClN2O4/c1-19(8-12-4-2-3-5-16(12)18)9-13-6-15(20(21)22)7-14-10-23-11-24-17(13)14/h2-7H,8-11H2,1H3. The van der Waals surface area contributed by atoms with Crippen molar-refractivity contribution in [3.63, 3.8) is 0 Å². The number of nitro benzene ring substituents is 1. The Labute approximate surface area is 144 Å². The first-order chi connectivity index (χ1) is 11.5. The molecule has 3 rings (SSSR count). The van der Waals surface area contributed by atoms with E-state index in [4.69, 9.17) is 21.1 Å². The van der Waals surface area contributed by atoms with Crippen LogP contribution >= 0.6 is 11.6 Å². The van der Waals surface area contributed by atoms with Gasteiger partial charge in [-0.3, -0.25) is 15.0 Å². The van der Waals surface area contributed by atoms with Gasteiger partial charge < -0.3 is 9.47 Å². The van der Waals surface area contributed by atoms with E-state index in [1.807, 2.05) is 36.2 Å². The van der Waals surface area contributed by atoms with Crippen LogP contribution in [0.1, 0.15) is 16.7 Å². The van der Waals surface area contributed by atoms with E-state index in [0.717, 1.165) is 11.1 Å². The van der Waals surface area contributed by atoms with E-state index in [9.17, 15) is 10.1 Å². The first-order valence-corrected chi connectivity index (χ1v) is 7.85. The van der Waals surface area contributed by atoms with E-state index < -0.39 is 4.92 Å². The van der Waals surface area contributed by atoms with E-state index in [1.165, 1.54) is 6.07 Å². The largest absolute Gasteiger partial charge is 0.467 e. The van der Waals surface area contributed by atoms with E-state index in [2.05, 4.69) is 0 Å². The summed E-state index contributed by atoms with van der Waals surface area (Å²) < 4.78 is 10.8. The summed E-state index contributed by atoms with van der Waals surface area (Å²) in [6.45, 7) is 1.62. The molecule has 1 heterocycles. The number of hydrogen-bond donors (Lipinski definition) is 0. The third-order valence-electron chi connectivity index (χ3n) is 3.82. The van der Waals surface area contributed by atoms with E-state index in [0.29, 0.717) is 36.0 Å². The summed E-state index contributed by atoms with van der Waals surface area (Å²) in [6, 6.07) is 10.7. The molecule has 0 aliphatic carbocycles. The lowest BCUT2D eigenvalue weighted by molar-refractivity contribution is -0.385. The van der Waals surface area contributed by atoms with Crippen LogP contribution in [-0.2, 0) is 24.4 Å². The maximum absolute atomic E-state index is 11.2. The van der Waals surface area contributed by atoms with Gasteiger partial charge in [-0.25, -0.2) is 0 Å². The van der Waals surface area contributed by atoms with Crippen LogP contribution in [0, 0.1) is 10.1 Å². The van der Waals surface area contributed by atoms with Gasteiger partial charge in [0.15, 0.2) is 6.79 Å². The summed E-state index contributed by atoms with van der Waals surface area (Å²) in [5.74, 6) is 0.679. The molecule has 0 unspecified atom stereocenters. The predicted octanol–water partition coefficient (Wildman–Crippen LogP) is 3.75. The van der Waals surface area contributed by atoms with Crippen molar-refractivity contribution in [3.05, 3.63) is 68.2 Å². The normalized spacial score (nSPS) is 13.5. The van der Waals surface area contributed by atoms with Crippen LogP contribution in [0.2, 0.25) is 5.02 Å². The number of halogens is 1. The highest BCUT2D eigenvalue weighted by Gasteiger charge is 2.21. The molecule has 1 aliphatic heterocycles. The molecule has 0 fully saturated rings. The lowest BCUT2D eigenvalue weighted by Gasteiger charge is -2.23. The van der Waals surface area contributed by atoms with Gasteiger partial charge >= 0.3 is 0 Å². The van der Waals surface area contributed by atoms with Gasteiger partial charge in [-0.05, 0) is 18.7 Å². The van der Waals surface area contributed by atoms with Crippen LogP contribution in [0.15, 0.2) is 36.4 Å². The van der Waals surface area contributed by atoms with Crippen molar-refractivity contribution in [3.8, 4) is 5.75 Å². The zero-order valence-corrected chi connectivity index (χ0v) is 14.0. The third kappa shape index (κ3) is 3.67. The number of rotatable bonds is 5. The average Bonchev–Trinajstić information content (AvgIpc) is 2.56. The molecule has 126 valence electrons. The van der Waals surface area contributed by atoms with Gasteiger partial charge in [-0.15, -0.1) is 0 Å². The summed E-state index contributed by atoms with van der Waals surface area (Å²) in [4.78, 5) is 12.8. The van der Waals surface area contributed by atoms with Crippen molar-refractivity contribution < 1.29 is 14.4 Å². The molecule has 0 bridgehead atoms. The van der Waals surface area contributed by atoms with Crippen molar-refractivity contribution in [2.24, 2.45) is 0 Å². The maximum atomic E-state index is 11.2. The Kier molecular flexibility index (Phi) is 4.99. The SMILES string of the molecule is CN(Cc1ccccc1Cl)Cc1cc([N+](=O)[O-])cc2c1OCOC2. The van der Waals surface area contributed by atoms with Gasteiger partial charge in [-0.1, -0.05) is 29.8 Å². The van der Waals surface area contributed by atoms with E-state index in [1.54, 1.807) is 6.07 Å². The second kappa shape index (κ2) is 7.17. The molecule has 0 saturated carbocycles. The number of benzene rings is 2. The minimum atomic E-state index is -0.396. The minimum absolute atomic E-state index is 0.0454. The zero-order valence-electron chi connectivity index (χ0n) is 13.2. The first kappa shape index (κ1) is 16.7. The maximum Gasteiger partial charge on any atom is 0.270 e. The fourth-order valence-electron chi connectivity index (χ4n) is 2.77. The average molecular weight is 349 g/mol. The Balaban J connectivity index is 1.84. The van der Waals surface area contributed by atoms with Gasteiger partial charge in [0.1, 0.15) is 5.75 Å². The molecule has 24 heavy (non-hydrogen) atoms. The van der Waals surface area contributed by atoms with Gasteiger partial charge in [0.05, 0.1) is 11.5 Å². The van der Waals surface area contributed by atoms with Crippen molar-refractivity contribution in [1.29, 1.82) is 0 Å². The van der Waals surface area contributed by atoms with Gasteiger partial charge in [0.25, 0.3) is 5.69 Å². The minimum Gasteiger partial charge on any atom is -0.467 e. The fourth-order valence-corrected chi connectivity index (χ4v) is 2.96.